The number of pyridine rings is 1. The fourth-order valence-electron chi connectivity index (χ4n) is 2.93. The number of furan rings is 1. The maximum atomic E-state index is 12.9. The molecule has 0 saturated heterocycles. The summed E-state index contributed by atoms with van der Waals surface area (Å²) in [4.78, 5) is 30.8. The van der Waals surface area contributed by atoms with Crippen LogP contribution in [0.2, 0.25) is 0 Å². The van der Waals surface area contributed by atoms with Gasteiger partial charge in [-0.3, -0.25) is 19.5 Å². The molecule has 0 radical (unpaired) electrons. The maximum absolute atomic E-state index is 12.9. The molecule has 4 heterocycles. The van der Waals surface area contributed by atoms with Gasteiger partial charge in [-0.05, 0) is 30.7 Å². The summed E-state index contributed by atoms with van der Waals surface area (Å²) < 4.78 is 10.2. The summed E-state index contributed by atoms with van der Waals surface area (Å²) in [7, 11) is 0. The molecule has 0 bridgehead atoms. The van der Waals surface area contributed by atoms with Crippen LogP contribution in [0.1, 0.15) is 27.9 Å². The molecule has 1 atom stereocenters. The first-order valence-corrected chi connectivity index (χ1v) is 7.76. The van der Waals surface area contributed by atoms with Gasteiger partial charge in [0, 0.05) is 18.5 Å². The Morgan fingerprint density at radius 1 is 1.31 bits per heavy atom. The van der Waals surface area contributed by atoms with E-state index in [0.717, 1.165) is 0 Å². The van der Waals surface area contributed by atoms with Crippen molar-refractivity contribution in [2.45, 2.75) is 13.0 Å². The normalized spacial score (nSPS) is 17.2. The summed E-state index contributed by atoms with van der Waals surface area (Å²) in [5, 5.41) is 14.3. The van der Waals surface area contributed by atoms with Gasteiger partial charge in [-0.25, -0.2) is 0 Å². The van der Waals surface area contributed by atoms with Crippen molar-refractivity contribution in [3.05, 3.63) is 77.4 Å². The second kappa shape index (κ2) is 5.99. The lowest BCUT2D eigenvalue weighted by Gasteiger charge is -2.23. The highest BCUT2D eigenvalue weighted by atomic mass is 16.5. The van der Waals surface area contributed by atoms with E-state index in [1.54, 1.807) is 37.4 Å². The van der Waals surface area contributed by atoms with Gasteiger partial charge in [0.1, 0.15) is 5.76 Å². The van der Waals surface area contributed by atoms with Gasteiger partial charge in [0.2, 0.25) is 5.78 Å². The van der Waals surface area contributed by atoms with Crippen LogP contribution in [0.5, 0.6) is 0 Å². The summed E-state index contributed by atoms with van der Waals surface area (Å²) in [6, 6.07) is 7.05. The van der Waals surface area contributed by atoms with Crippen LogP contribution in [-0.2, 0) is 4.79 Å². The average Bonchev–Trinajstić information content (AvgIpc) is 3.37. The maximum Gasteiger partial charge on any atom is 0.295 e. The van der Waals surface area contributed by atoms with Crippen molar-refractivity contribution in [1.82, 2.24) is 10.1 Å². The Morgan fingerprint density at radius 2 is 2.15 bits per heavy atom. The van der Waals surface area contributed by atoms with Crippen molar-refractivity contribution in [2.75, 3.05) is 4.90 Å². The Hall–Kier alpha value is -3.68. The number of Topliss-reactive ketones (excluding diaryl/α,β-unsaturated/α-hetero) is 1. The van der Waals surface area contributed by atoms with E-state index in [9.17, 15) is 14.7 Å². The van der Waals surface area contributed by atoms with Gasteiger partial charge in [0.25, 0.3) is 5.91 Å². The molecule has 8 heteroatoms. The number of nitrogens with zero attached hydrogens (tertiary/aromatic N) is 3. The van der Waals surface area contributed by atoms with Crippen LogP contribution in [0.4, 0.5) is 5.82 Å². The van der Waals surface area contributed by atoms with E-state index < -0.39 is 23.5 Å². The number of aliphatic hydroxyl groups excluding tert-OH is 1. The number of aliphatic hydroxyl groups is 1. The van der Waals surface area contributed by atoms with Crippen LogP contribution in [-0.4, -0.2) is 26.9 Å². The zero-order valence-corrected chi connectivity index (χ0v) is 13.6. The van der Waals surface area contributed by atoms with Gasteiger partial charge < -0.3 is 14.0 Å². The van der Waals surface area contributed by atoms with Crippen molar-refractivity contribution in [1.29, 1.82) is 0 Å². The third-order valence-corrected chi connectivity index (χ3v) is 4.06. The highest BCUT2D eigenvalue weighted by Gasteiger charge is 2.46. The van der Waals surface area contributed by atoms with Crippen LogP contribution in [0.25, 0.3) is 0 Å². The number of hydrogen-bond donors (Lipinski definition) is 1. The average molecular weight is 351 g/mol. The lowest BCUT2D eigenvalue weighted by Crippen LogP contribution is -2.31. The minimum Gasteiger partial charge on any atom is -0.503 e. The van der Waals surface area contributed by atoms with Crippen molar-refractivity contribution in [2.24, 2.45) is 0 Å². The van der Waals surface area contributed by atoms with Crippen LogP contribution in [0.15, 0.2) is 69.3 Å². The number of carbonyl (C=O) groups excluding carboxylic acids is 2. The third-order valence-electron chi connectivity index (χ3n) is 4.06. The minimum absolute atomic E-state index is 0.0198. The molecule has 0 aliphatic carbocycles. The van der Waals surface area contributed by atoms with Gasteiger partial charge >= 0.3 is 0 Å². The first kappa shape index (κ1) is 15.8. The zero-order valence-electron chi connectivity index (χ0n) is 13.6. The number of amides is 1. The molecule has 8 nitrogen and oxygen atoms in total. The van der Waals surface area contributed by atoms with Gasteiger partial charge in [0.05, 0.1) is 17.9 Å². The van der Waals surface area contributed by atoms with Gasteiger partial charge in [-0.2, -0.15) is 0 Å². The summed E-state index contributed by atoms with van der Waals surface area (Å²) >= 11 is 0. The number of aromatic nitrogens is 2. The van der Waals surface area contributed by atoms with E-state index in [4.69, 9.17) is 8.94 Å². The number of hydrogen-bond acceptors (Lipinski definition) is 7. The molecule has 1 aliphatic heterocycles. The summed E-state index contributed by atoms with van der Waals surface area (Å²) in [6.45, 7) is 1.68. The molecule has 0 spiro atoms. The number of ketones is 1. The second-order valence-corrected chi connectivity index (χ2v) is 5.73. The van der Waals surface area contributed by atoms with Gasteiger partial charge in [-0.15, -0.1) is 0 Å². The van der Waals surface area contributed by atoms with Crippen LogP contribution >= 0.6 is 0 Å². The quantitative estimate of drug-likeness (QED) is 0.720. The lowest BCUT2D eigenvalue weighted by atomic mass is 9.96. The standard InChI is InChI=1S/C18H13N3O5/c1-10-8-13(20-26-10)21-15(11-4-2-6-19-9-11)14(17(23)18(21)24)16(22)12-5-3-7-25-12/h2-9,15,23H,1H3/t15-/m0/s1. The smallest absolute Gasteiger partial charge is 0.295 e. The van der Waals surface area contributed by atoms with Gasteiger partial charge in [0.15, 0.2) is 17.3 Å². The molecule has 130 valence electrons. The van der Waals surface area contributed by atoms with Crippen LogP contribution < -0.4 is 4.90 Å². The third kappa shape index (κ3) is 2.39. The van der Waals surface area contributed by atoms with Crippen LogP contribution in [0.3, 0.4) is 0 Å². The largest absolute Gasteiger partial charge is 0.503 e. The Bertz CT molecular complexity index is 1000. The molecule has 1 N–H and O–H groups in total. The van der Waals surface area contributed by atoms with E-state index in [2.05, 4.69) is 10.1 Å². The van der Waals surface area contributed by atoms with E-state index in [-0.39, 0.29) is 17.2 Å². The molecule has 0 saturated carbocycles. The first-order chi connectivity index (χ1) is 12.6. The van der Waals surface area contributed by atoms with Crippen molar-refractivity contribution >= 4 is 17.5 Å². The van der Waals surface area contributed by atoms with E-state index >= 15 is 0 Å². The molecule has 3 aromatic rings. The van der Waals surface area contributed by atoms with Gasteiger partial charge in [-0.1, -0.05) is 11.2 Å². The van der Waals surface area contributed by atoms with Crippen molar-refractivity contribution in [3.63, 3.8) is 0 Å². The zero-order chi connectivity index (χ0) is 18.3. The predicted octanol–water partition coefficient (Wildman–Crippen LogP) is 2.75. The molecular formula is C18H13N3O5. The Morgan fingerprint density at radius 3 is 2.77 bits per heavy atom. The van der Waals surface area contributed by atoms with E-state index in [0.29, 0.717) is 11.3 Å². The molecule has 3 aromatic heterocycles. The number of anilines is 1. The Kier molecular flexibility index (Phi) is 3.65. The monoisotopic (exact) mass is 351 g/mol. The SMILES string of the molecule is Cc1cc(N2C(=O)C(O)=C(C(=O)c3ccco3)[C@@H]2c2cccnc2)no1. The fraction of sp³-hybridized carbons (Fsp3) is 0.111. The Balaban J connectivity index is 1.88. The van der Waals surface area contributed by atoms with Crippen LogP contribution in [0, 0.1) is 6.92 Å². The highest BCUT2D eigenvalue weighted by Crippen LogP contribution is 2.41. The minimum atomic E-state index is -0.904. The number of aryl methyl sites for hydroxylation is 1. The Labute approximate surface area is 147 Å². The molecule has 4 rings (SSSR count). The first-order valence-electron chi connectivity index (χ1n) is 7.76. The number of rotatable bonds is 4. The summed E-state index contributed by atoms with van der Waals surface area (Å²) in [5.41, 5.74) is 0.444. The predicted molar refractivity (Wildman–Crippen MR) is 88.4 cm³/mol. The van der Waals surface area contributed by atoms with E-state index in [1.807, 2.05) is 0 Å². The molecular weight excluding hydrogens is 338 g/mol. The topological polar surface area (TPSA) is 110 Å². The molecule has 0 fully saturated rings. The molecule has 1 aliphatic rings. The second-order valence-electron chi connectivity index (χ2n) is 5.73. The summed E-state index contributed by atoms with van der Waals surface area (Å²) in [6.07, 6.45) is 4.44. The highest BCUT2D eigenvalue weighted by molar-refractivity contribution is 6.19. The van der Waals surface area contributed by atoms with E-state index in [1.165, 1.54) is 23.4 Å². The molecule has 0 unspecified atom stereocenters. The number of carbonyl (C=O) groups is 2. The molecule has 0 aromatic carbocycles. The fourth-order valence-corrected chi connectivity index (χ4v) is 2.93. The summed E-state index contributed by atoms with van der Waals surface area (Å²) in [5.74, 6) is -1.29. The molecule has 1 amide bonds. The lowest BCUT2D eigenvalue weighted by molar-refractivity contribution is -0.117. The van der Waals surface area contributed by atoms with Crippen molar-refractivity contribution < 1.29 is 23.6 Å². The molecule has 26 heavy (non-hydrogen) atoms. The van der Waals surface area contributed by atoms with Crippen molar-refractivity contribution in [3.8, 4) is 0 Å².